The Labute approximate surface area is 176 Å². The molecule has 0 bridgehead atoms. The van der Waals surface area contributed by atoms with E-state index in [1.165, 1.54) is 23.7 Å². The van der Waals surface area contributed by atoms with Gasteiger partial charge < -0.3 is 14.8 Å². The first-order valence-electron chi connectivity index (χ1n) is 9.33. The minimum Gasteiger partial charge on any atom is -0.489 e. The summed E-state index contributed by atoms with van der Waals surface area (Å²) in [5.74, 6) is -0.666. The minimum atomic E-state index is -3.20. The van der Waals surface area contributed by atoms with Gasteiger partial charge in [-0.3, -0.25) is 4.79 Å². The number of ether oxygens (including phenoxy) is 2. The second kappa shape index (κ2) is 9.77. The molecule has 1 fully saturated rings. The summed E-state index contributed by atoms with van der Waals surface area (Å²) in [4.78, 5) is 24.3. The minimum absolute atomic E-state index is 0.137. The third kappa shape index (κ3) is 6.32. The highest BCUT2D eigenvalue weighted by Crippen LogP contribution is 2.29. The highest BCUT2D eigenvalue weighted by atomic mass is 35.5. The first kappa shape index (κ1) is 23.4. The van der Waals surface area contributed by atoms with E-state index in [0.717, 1.165) is 0 Å². The molecule has 1 amide bonds. The Morgan fingerprint density at radius 3 is 2.34 bits per heavy atom. The molecular formula is C19H27ClN2O6S. The van der Waals surface area contributed by atoms with Gasteiger partial charge in [-0.05, 0) is 37.0 Å². The lowest BCUT2D eigenvalue weighted by Crippen LogP contribution is -2.45. The van der Waals surface area contributed by atoms with Crippen LogP contribution in [0.15, 0.2) is 18.2 Å². The van der Waals surface area contributed by atoms with Crippen molar-refractivity contribution in [1.82, 2.24) is 9.62 Å². The number of rotatable bonds is 7. The molecule has 10 heteroatoms. The van der Waals surface area contributed by atoms with Gasteiger partial charge in [-0.2, -0.15) is 0 Å². The van der Waals surface area contributed by atoms with Gasteiger partial charge in [0.25, 0.3) is 5.91 Å². The standard InChI is InChI=1S/C19H27ClN2O6S/c1-12(2)17(19(24)27-3)21-18(23)13-5-6-16(15(20)11-13)28-14-7-9-22(10-8-14)29(4,25)26/h5-6,11-12,14,17H,7-10H2,1-4H3,(H,21,23)/t17-/m0/s1. The topological polar surface area (TPSA) is 102 Å². The molecule has 1 aliphatic heterocycles. The van der Waals surface area contributed by atoms with E-state index >= 15 is 0 Å². The van der Waals surface area contributed by atoms with Crippen LogP contribution in [0.25, 0.3) is 0 Å². The zero-order valence-corrected chi connectivity index (χ0v) is 18.5. The molecule has 1 aromatic carbocycles. The number of amides is 1. The Kier molecular flexibility index (Phi) is 7.90. The second-order valence-electron chi connectivity index (χ2n) is 7.34. The van der Waals surface area contributed by atoms with Crippen molar-refractivity contribution in [1.29, 1.82) is 0 Å². The third-order valence-corrected chi connectivity index (χ3v) is 6.36. The van der Waals surface area contributed by atoms with Gasteiger partial charge in [-0.15, -0.1) is 0 Å². The predicted molar refractivity (Wildman–Crippen MR) is 110 cm³/mol. The van der Waals surface area contributed by atoms with Crippen LogP contribution in [0.4, 0.5) is 0 Å². The summed E-state index contributed by atoms with van der Waals surface area (Å²) >= 11 is 6.28. The van der Waals surface area contributed by atoms with Gasteiger partial charge in [0.05, 0.1) is 18.4 Å². The smallest absolute Gasteiger partial charge is 0.328 e. The number of methoxy groups -OCH3 is 1. The van der Waals surface area contributed by atoms with E-state index in [9.17, 15) is 18.0 Å². The van der Waals surface area contributed by atoms with E-state index in [1.807, 2.05) is 0 Å². The van der Waals surface area contributed by atoms with Crippen LogP contribution in [-0.2, 0) is 19.6 Å². The molecule has 1 aromatic rings. The molecule has 0 saturated carbocycles. The van der Waals surface area contributed by atoms with Crippen LogP contribution in [-0.4, -0.2) is 63.2 Å². The largest absolute Gasteiger partial charge is 0.489 e. The van der Waals surface area contributed by atoms with Gasteiger partial charge in [0, 0.05) is 18.7 Å². The molecular weight excluding hydrogens is 420 g/mol. The summed E-state index contributed by atoms with van der Waals surface area (Å²) in [6.07, 6.45) is 2.15. The van der Waals surface area contributed by atoms with Gasteiger partial charge >= 0.3 is 5.97 Å². The number of piperidine rings is 1. The summed E-state index contributed by atoms with van der Waals surface area (Å²) in [5.41, 5.74) is 0.295. The number of halogens is 1. The molecule has 0 radical (unpaired) electrons. The van der Waals surface area contributed by atoms with E-state index in [2.05, 4.69) is 5.32 Å². The SMILES string of the molecule is COC(=O)[C@@H](NC(=O)c1ccc(OC2CCN(S(C)(=O)=O)CC2)c(Cl)c1)C(C)C. The van der Waals surface area contributed by atoms with Crippen LogP contribution in [0.2, 0.25) is 5.02 Å². The molecule has 0 aromatic heterocycles. The zero-order valence-electron chi connectivity index (χ0n) is 17.0. The maximum absolute atomic E-state index is 12.5. The van der Waals surface area contributed by atoms with Gasteiger partial charge in [-0.25, -0.2) is 17.5 Å². The number of benzene rings is 1. The second-order valence-corrected chi connectivity index (χ2v) is 9.73. The summed E-state index contributed by atoms with van der Waals surface area (Å²) in [6, 6.07) is 3.88. The van der Waals surface area contributed by atoms with Crippen molar-refractivity contribution in [3.63, 3.8) is 0 Å². The van der Waals surface area contributed by atoms with Crippen molar-refractivity contribution in [2.45, 2.75) is 38.8 Å². The maximum Gasteiger partial charge on any atom is 0.328 e. The zero-order chi connectivity index (χ0) is 21.8. The molecule has 8 nitrogen and oxygen atoms in total. The van der Waals surface area contributed by atoms with Crippen molar-refractivity contribution in [2.24, 2.45) is 5.92 Å². The lowest BCUT2D eigenvalue weighted by atomic mass is 10.0. The Bertz CT molecular complexity index is 850. The fourth-order valence-electron chi connectivity index (χ4n) is 3.05. The molecule has 1 atom stereocenters. The fourth-order valence-corrected chi connectivity index (χ4v) is 4.15. The Morgan fingerprint density at radius 1 is 1.24 bits per heavy atom. The number of sulfonamides is 1. The fraction of sp³-hybridized carbons (Fsp3) is 0.579. The number of nitrogens with one attached hydrogen (secondary N) is 1. The molecule has 162 valence electrons. The lowest BCUT2D eigenvalue weighted by molar-refractivity contribution is -0.144. The number of esters is 1. The first-order chi connectivity index (χ1) is 13.5. The van der Waals surface area contributed by atoms with E-state index < -0.39 is 27.9 Å². The van der Waals surface area contributed by atoms with Crippen molar-refractivity contribution in [3.8, 4) is 5.75 Å². The number of nitrogens with zero attached hydrogens (tertiary/aromatic N) is 1. The highest BCUT2D eigenvalue weighted by Gasteiger charge is 2.27. The van der Waals surface area contributed by atoms with Gasteiger partial charge in [0.15, 0.2) is 0 Å². The molecule has 2 rings (SSSR count). The van der Waals surface area contributed by atoms with Crippen LogP contribution in [0, 0.1) is 5.92 Å². The Balaban J connectivity index is 2.01. The Morgan fingerprint density at radius 2 is 1.86 bits per heavy atom. The van der Waals surface area contributed by atoms with Gasteiger partial charge in [-0.1, -0.05) is 25.4 Å². The molecule has 1 heterocycles. The van der Waals surface area contributed by atoms with Crippen LogP contribution in [0.1, 0.15) is 37.0 Å². The molecule has 29 heavy (non-hydrogen) atoms. The maximum atomic E-state index is 12.5. The van der Waals surface area contributed by atoms with E-state index in [1.54, 1.807) is 26.0 Å². The normalized spacial score (nSPS) is 17.0. The van der Waals surface area contributed by atoms with Crippen LogP contribution >= 0.6 is 11.6 Å². The van der Waals surface area contributed by atoms with Crippen molar-refractivity contribution in [2.75, 3.05) is 26.5 Å². The summed E-state index contributed by atoms with van der Waals surface area (Å²) in [6.45, 7) is 4.40. The van der Waals surface area contributed by atoms with E-state index in [-0.39, 0.29) is 17.0 Å². The predicted octanol–water partition coefficient (Wildman–Crippen LogP) is 2.07. The number of hydrogen-bond donors (Lipinski definition) is 1. The monoisotopic (exact) mass is 446 g/mol. The number of hydrogen-bond acceptors (Lipinski definition) is 6. The number of carbonyl (C=O) groups excluding carboxylic acids is 2. The quantitative estimate of drug-likeness (QED) is 0.643. The number of carbonyl (C=O) groups is 2. The van der Waals surface area contributed by atoms with Gasteiger partial charge in [0.1, 0.15) is 17.9 Å². The van der Waals surface area contributed by atoms with Crippen LogP contribution in [0.5, 0.6) is 5.75 Å². The van der Waals surface area contributed by atoms with E-state index in [4.69, 9.17) is 21.1 Å². The van der Waals surface area contributed by atoms with Crippen LogP contribution in [0.3, 0.4) is 0 Å². The summed E-state index contributed by atoms with van der Waals surface area (Å²) < 4.78 is 35.2. The molecule has 0 unspecified atom stereocenters. The highest BCUT2D eigenvalue weighted by molar-refractivity contribution is 7.88. The molecule has 0 spiro atoms. The summed E-state index contributed by atoms with van der Waals surface area (Å²) in [7, 11) is -1.92. The Hall–Kier alpha value is -1.84. The summed E-state index contributed by atoms with van der Waals surface area (Å²) in [5, 5.41) is 2.92. The molecule has 1 aliphatic rings. The van der Waals surface area contributed by atoms with Crippen molar-refractivity contribution < 1.29 is 27.5 Å². The average Bonchev–Trinajstić information content (AvgIpc) is 2.66. The van der Waals surface area contributed by atoms with Crippen molar-refractivity contribution >= 4 is 33.5 Å². The van der Waals surface area contributed by atoms with Crippen molar-refractivity contribution in [3.05, 3.63) is 28.8 Å². The molecule has 0 aliphatic carbocycles. The third-order valence-electron chi connectivity index (χ3n) is 4.77. The average molecular weight is 447 g/mol. The van der Waals surface area contributed by atoms with E-state index in [0.29, 0.717) is 37.2 Å². The molecule has 1 saturated heterocycles. The molecule has 1 N–H and O–H groups in total. The first-order valence-corrected chi connectivity index (χ1v) is 11.6. The van der Waals surface area contributed by atoms with Gasteiger partial charge in [0.2, 0.25) is 10.0 Å². The van der Waals surface area contributed by atoms with Crippen LogP contribution < -0.4 is 10.1 Å². The lowest BCUT2D eigenvalue weighted by Gasteiger charge is -2.30.